The number of H-pyrrole nitrogens is 1. The summed E-state index contributed by atoms with van der Waals surface area (Å²) >= 11 is 2.96. The Kier molecular flexibility index (Phi) is 5.54. The van der Waals surface area contributed by atoms with Crippen LogP contribution >= 0.6 is 23.1 Å². The molecule has 0 bridgehead atoms. The van der Waals surface area contributed by atoms with E-state index in [0.717, 1.165) is 11.4 Å². The van der Waals surface area contributed by atoms with Gasteiger partial charge in [0.2, 0.25) is 11.1 Å². The molecule has 1 amide bonds. The molecule has 3 aromatic heterocycles. The molecule has 1 atom stereocenters. The Bertz CT molecular complexity index is 1040. The van der Waals surface area contributed by atoms with E-state index in [1.54, 1.807) is 24.3 Å². The van der Waals surface area contributed by atoms with Gasteiger partial charge in [-0.3, -0.25) is 9.89 Å². The zero-order valence-electron chi connectivity index (χ0n) is 15.0. The fraction of sp³-hybridized carbons (Fsp3) is 0.158. The van der Waals surface area contributed by atoms with Gasteiger partial charge in [0, 0.05) is 17.4 Å². The van der Waals surface area contributed by atoms with Crippen LogP contribution in [0.2, 0.25) is 0 Å². The lowest BCUT2D eigenvalue weighted by Gasteiger charge is -2.14. The van der Waals surface area contributed by atoms with E-state index in [1.807, 2.05) is 41.8 Å². The van der Waals surface area contributed by atoms with Gasteiger partial charge in [-0.1, -0.05) is 53.3 Å². The largest absolute Gasteiger partial charge is 0.360 e. The van der Waals surface area contributed by atoms with Gasteiger partial charge >= 0.3 is 0 Å². The van der Waals surface area contributed by atoms with Crippen LogP contribution in [0.3, 0.4) is 0 Å². The number of rotatable bonds is 7. The average Bonchev–Trinajstić information content (AvgIpc) is 3.44. The highest BCUT2D eigenvalue weighted by Gasteiger charge is 2.25. The summed E-state index contributed by atoms with van der Waals surface area (Å²) < 4.78 is 5.02. The van der Waals surface area contributed by atoms with Crippen molar-refractivity contribution in [1.82, 2.24) is 20.3 Å². The van der Waals surface area contributed by atoms with Crippen molar-refractivity contribution in [3.63, 3.8) is 0 Å². The van der Waals surface area contributed by atoms with Gasteiger partial charge in [-0.25, -0.2) is 4.98 Å². The molecule has 1 unspecified atom stereocenters. The fourth-order valence-electron chi connectivity index (χ4n) is 2.61. The molecule has 0 saturated heterocycles. The first-order valence-electron chi connectivity index (χ1n) is 8.57. The Morgan fingerprint density at radius 1 is 1.29 bits per heavy atom. The van der Waals surface area contributed by atoms with Crippen molar-refractivity contribution < 1.29 is 9.32 Å². The lowest BCUT2D eigenvalue weighted by molar-refractivity contribution is -0.115. The van der Waals surface area contributed by atoms with Crippen molar-refractivity contribution in [3.8, 4) is 0 Å². The highest BCUT2D eigenvalue weighted by atomic mass is 32.2. The number of amides is 1. The molecule has 0 fully saturated rings. The van der Waals surface area contributed by atoms with Gasteiger partial charge in [0.25, 0.3) is 0 Å². The summed E-state index contributed by atoms with van der Waals surface area (Å²) in [6, 6.07) is 15.3. The van der Waals surface area contributed by atoms with Gasteiger partial charge in [-0.15, -0.1) is 16.4 Å². The second kappa shape index (κ2) is 8.41. The number of hydrogen-bond acceptors (Lipinski definition) is 7. The maximum Gasteiger partial charge on any atom is 0.243 e. The first-order valence-corrected chi connectivity index (χ1v) is 10.3. The molecule has 0 aliphatic carbocycles. The summed E-state index contributed by atoms with van der Waals surface area (Å²) in [5.74, 6) is 1.57. The van der Waals surface area contributed by atoms with Crippen molar-refractivity contribution in [3.05, 3.63) is 75.9 Å². The summed E-state index contributed by atoms with van der Waals surface area (Å²) in [6.45, 7) is 1.77. The second-order valence-electron chi connectivity index (χ2n) is 6.04. The van der Waals surface area contributed by atoms with Gasteiger partial charge in [-0.2, -0.15) is 0 Å². The van der Waals surface area contributed by atoms with Crippen LogP contribution < -0.4 is 5.32 Å². The minimum absolute atomic E-state index is 0.214. The Morgan fingerprint density at radius 3 is 2.86 bits per heavy atom. The Morgan fingerprint density at radius 2 is 2.14 bits per heavy atom. The summed E-state index contributed by atoms with van der Waals surface area (Å²) in [5, 5.41) is 15.9. The molecular formula is C19H17N5O2S2. The first-order chi connectivity index (χ1) is 13.7. The SMILES string of the molecule is Cc1cc(NC(=O)C(Sc2n[nH]c(Cc3cccs3)n2)c2ccccc2)no1. The first kappa shape index (κ1) is 18.5. The number of anilines is 1. The number of aromatic nitrogens is 4. The van der Waals surface area contributed by atoms with Crippen molar-refractivity contribution in [1.29, 1.82) is 0 Å². The summed E-state index contributed by atoms with van der Waals surface area (Å²) in [6.07, 6.45) is 0.686. The molecule has 28 heavy (non-hydrogen) atoms. The quantitative estimate of drug-likeness (QED) is 0.442. The standard InChI is InChI=1S/C19H17N5O2S2/c1-12-10-16(24-26-12)20-18(25)17(13-6-3-2-4-7-13)28-19-21-15(22-23-19)11-14-8-5-9-27-14/h2-10,17H,11H2,1H3,(H,20,24,25)(H,21,22,23). The minimum Gasteiger partial charge on any atom is -0.360 e. The van der Waals surface area contributed by atoms with Crippen LogP contribution in [-0.2, 0) is 11.2 Å². The smallest absolute Gasteiger partial charge is 0.243 e. The van der Waals surface area contributed by atoms with Crippen molar-refractivity contribution in [2.45, 2.75) is 23.8 Å². The van der Waals surface area contributed by atoms with E-state index in [9.17, 15) is 4.79 Å². The third-order valence-corrected chi connectivity index (χ3v) is 5.87. The second-order valence-corrected chi connectivity index (χ2v) is 8.15. The molecule has 9 heteroatoms. The predicted molar refractivity (Wildman–Crippen MR) is 108 cm³/mol. The number of aromatic amines is 1. The number of aryl methyl sites for hydroxylation is 1. The maximum absolute atomic E-state index is 12.9. The number of thiophene rings is 1. The van der Waals surface area contributed by atoms with Crippen LogP contribution in [0.1, 0.15) is 27.3 Å². The fourth-order valence-corrected chi connectivity index (χ4v) is 4.25. The van der Waals surface area contributed by atoms with Crippen LogP contribution in [0.15, 0.2) is 63.6 Å². The van der Waals surface area contributed by atoms with Gasteiger partial charge in [0.1, 0.15) is 16.8 Å². The highest BCUT2D eigenvalue weighted by molar-refractivity contribution is 8.00. The van der Waals surface area contributed by atoms with Crippen LogP contribution in [0.25, 0.3) is 0 Å². The molecule has 1 aromatic carbocycles. The lowest BCUT2D eigenvalue weighted by Crippen LogP contribution is -2.19. The number of benzene rings is 1. The van der Waals surface area contributed by atoms with E-state index in [-0.39, 0.29) is 5.91 Å². The van der Waals surface area contributed by atoms with Crippen LogP contribution in [0.5, 0.6) is 0 Å². The van der Waals surface area contributed by atoms with Crippen molar-refractivity contribution >= 4 is 34.8 Å². The predicted octanol–water partition coefficient (Wildman–Crippen LogP) is 4.23. The summed E-state index contributed by atoms with van der Waals surface area (Å²) in [4.78, 5) is 18.6. The molecule has 0 spiro atoms. The zero-order valence-corrected chi connectivity index (χ0v) is 16.6. The lowest BCUT2D eigenvalue weighted by atomic mass is 10.1. The number of nitrogens with one attached hydrogen (secondary N) is 2. The van der Waals surface area contributed by atoms with Gasteiger partial charge in [0.15, 0.2) is 5.82 Å². The molecule has 7 nitrogen and oxygen atoms in total. The van der Waals surface area contributed by atoms with E-state index in [0.29, 0.717) is 23.2 Å². The van der Waals surface area contributed by atoms with Gasteiger partial charge in [0.05, 0.1) is 0 Å². The molecule has 142 valence electrons. The van der Waals surface area contributed by atoms with Crippen LogP contribution in [-0.4, -0.2) is 26.2 Å². The highest BCUT2D eigenvalue weighted by Crippen LogP contribution is 2.34. The summed E-state index contributed by atoms with van der Waals surface area (Å²) in [5.41, 5.74) is 0.856. The monoisotopic (exact) mass is 411 g/mol. The van der Waals surface area contributed by atoms with E-state index < -0.39 is 5.25 Å². The average molecular weight is 412 g/mol. The Balaban J connectivity index is 1.52. The van der Waals surface area contributed by atoms with E-state index in [4.69, 9.17) is 4.52 Å². The topological polar surface area (TPSA) is 96.7 Å². The normalized spacial score (nSPS) is 12.0. The molecule has 3 heterocycles. The summed E-state index contributed by atoms with van der Waals surface area (Å²) in [7, 11) is 0. The van der Waals surface area contributed by atoms with E-state index >= 15 is 0 Å². The molecule has 2 N–H and O–H groups in total. The van der Waals surface area contributed by atoms with Gasteiger partial charge in [-0.05, 0) is 23.9 Å². The number of carbonyl (C=O) groups is 1. The van der Waals surface area contributed by atoms with E-state index in [1.165, 1.54) is 16.6 Å². The molecule has 0 radical (unpaired) electrons. The van der Waals surface area contributed by atoms with Crippen molar-refractivity contribution in [2.24, 2.45) is 0 Å². The number of carbonyl (C=O) groups excluding carboxylic acids is 1. The Hall–Kier alpha value is -2.91. The molecule has 0 aliphatic heterocycles. The number of thioether (sulfide) groups is 1. The third-order valence-electron chi connectivity index (χ3n) is 3.88. The maximum atomic E-state index is 12.9. The van der Waals surface area contributed by atoms with Crippen LogP contribution in [0.4, 0.5) is 5.82 Å². The number of hydrogen-bond donors (Lipinski definition) is 2. The molecule has 0 aliphatic rings. The van der Waals surface area contributed by atoms with E-state index in [2.05, 4.69) is 31.7 Å². The molecule has 4 rings (SSSR count). The Labute approximate surface area is 169 Å². The molecular weight excluding hydrogens is 394 g/mol. The number of nitrogens with zero attached hydrogens (tertiary/aromatic N) is 3. The van der Waals surface area contributed by atoms with Gasteiger partial charge < -0.3 is 9.84 Å². The van der Waals surface area contributed by atoms with Crippen molar-refractivity contribution in [2.75, 3.05) is 5.32 Å². The molecule has 0 saturated carbocycles. The minimum atomic E-state index is -0.524. The zero-order chi connectivity index (χ0) is 19.3. The van der Waals surface area contributed by atoms with Crippen LogP contribution in [0, 0.1) is 6.92 Å². The molecule has 4 aromatic rings. The third kappa shape index (κ3) is 4.49.